The summed E-state index contributed by atoms with van der Waals surface area (Å²) in [6.07, 6.45) is -2.45. The molecule has 6 aromatic rings. The molecule has 1 unspecified atom stereocenters. The molecule has 336 valence electrons. The molecule has 1 atom stereocenters. The predicted octanol–water partition coefficient (Wildman–Crippen LogP) is 7.04. The summed E-state index contributed by atoms with van der Waals surface area (Å²) in [7, 11) is 0. The van der Waals surface area contributed by atoms with Crippen LogP contribution in [0.4, 0.5) is 24.8 Å². The molecule has 0 saturated carbocycles. The van der Waals surface area contributed by atoms with Crippen molar-refractivity contribution >= 4 is 23.5 Å². The number of carbonyl (C=O) groups is 2. The number of aromatic nitrogens is 8. The summed E-state index contributed by atoms with van der Waals surface area (Å²) in [6, 6.07) is 21.7. The van der Waals surface area contributed by atoms with Gasteiger partial charge in [-0.3, -0.25) is 9.59 Å². The van der Waals surface area contributed by atoms with Gasteiger partial charge in [-0.1, -0.05) is 48.5 Å². The zero-order chi connectivity index (χ0) is 45.7. The Balaban J connectivity index is 0.000000191. The van der Waals surface area contributed by atoms with E-state index in [9.17, 15) is 22.8 Å². The fourth-order valence-electron chi connectivity index (χ4n) is 7.90. The highest BCUT2D eigenvalue weighted by molar-refractivity contribution is 5.74. The third-order valence-electron chi connectivity index (χ3n) is 11.4. The van der Waals surface area contributed by atoms with Crippen LogP contribution in [-0.2, 0) is 22.4 Å². The van der Waals surface area contributed by atoms with Crippen molar-refractivity contribution in [3.63, 3.8) is 0 Å². The van der Waals surface area contributed by atoms with Gasteiger partial charge in [0.2, 0.25) is 11.8 Å². The summed E-state index contributed by atoms with van der Waals surface area (Å²) >= 11 is 0. The lowest BCUT2D eigenvalue weighted by molar-refractivity contribution is -0.129. The van der Waals surface area contributed by atoms with Crippen LogP contribution < -0.4 is 9.80 Å². The van der Waals surface area contributed by atoms with Crippen molar-refractivity contribution in [1.29, 1.82) is 0 Å². The number of nitrogens with zero attached hydrogens (tertiary/aromatic N) is 12. The topological polar surface area (TPSA) is 134 Å². The number of benzene rings is 2. The largest absolute Gasteiger partial charge is 0.353 e. The maximum Gasteiger partial charge on any atom is 0.263 e. The Morgan fingerprint density at radius 2 is 1.03 bits per heavy atom. The van der Waals surface area contributed by atoms with Crippen molar-refractivity contribution in [2.24, 2.45) is 0 Å². The lowest BCUT2D eigenvalue weighted by Crippen LogP contribution is -2.48. The molecule has 0 aliphatic carbocycles. The quantitative estimate of drug-likeness (QED) is 0.141. The Bertz CT molecular complexity index is 2380. The molecule has 64 heavy (non-hydrogen) atoms. The molecule has 2 amide bonds. The molecule has 0 spiro atoms. The predicted molar refractivity (Wildman–Crippen MR) is 239 cm³/mol. The summed E-state index contributed by atoms with van der Waals surface area (Å²) in [5, 5.41) is 9.11. The lowest BCUT2D eigenvalue weighted by Gasteiger charge is -2.35. The number of halogens is 3. The maximum absolute atomic E-state index is 13.5. The van der Waals surface area contributed by atoms with E-state index in [0.29, 0.717) is 75.3 Å². The van der Waals surface area contributed by atoms with E-state index in [1.165, 1.54) is 19.1 Å². The van der Waals surface area contributed by atoms with E-state index in [1.807, 2.05) is 86.0 Å². The van der Waals surface area contributed by atoms with Crippen LogP contribution >= 0.6 is 0 Å². The van der Waals surface area contributed by atoms with Crippen LogP contribution in [0.25, 0.3) is 11.8 Å². The van der Waals surface area contributed by atoms with Crippen LogP contribution in [0.5, 0.6) is 0 Å². The highest BCUT2D eigenvalue weighted by Crippen LogP contribution is 2.24. The Morgan fingerprint density at radius 1 is 0.562 bits per heavy atom. The van der Waals surface area contributed by atoms with Crippen molar-refractivity contribution < 1.29 is 22.8 Å². The zero-order valence-corrected chi connectivity index (χ0v) is 37.5. The van der Waals surface area contributed by atoms with Crippen molar-refractivity contribution in [2.75, 3.05) is 62.2 Å². The first-order chi connectivity index (χ1) is 30.6. The molecule has 4 aromatic heterocycles. The van der Waals surface area contributed by atoms with Gasteiger partial charge in [0, 0.05) is 108 Å². The van der Waals surface area contributed by atoms with Crippen molar-refractivity contribution in [3.8, 4) is 11.8 Å². The first-order valence-corrected chi connectivity index (χ1v) is 21.5. The van der Waals surface area contributed by atoms with E-state index in [-0.39, 0.29) is 17.4 Å². The molecule has 2 aliphatic heterocycles. The molecule has 2 fully saturated rings. The first kappa shape index (κ1) is 45.4. The van der Waals surface area contributed by atoms with Crippen molar-refractivity contribution in [1.82, 2.24) is 49.3 Å². The van der Waals surface area contributed by atoms with Crippen molar-refractivity contribution in [3.05, 3.63) is 129 Å². The first-order valence-electron chi connectivity index (χ1n) is 21.5. The highest BCUT2D eigenvalue weighted by atomic mass is 19.3. The molecule has 8 rings (SSSR count). The average Bonchev–Trinajstić information content (AvgIpc) is 3.81. The minimum absolute atomic E-state index is 0.00454. The number of rotatable bonds is 10. The van der Waals surface area contributed by atoms with Gasteiger partial charge in [-0.05, 0) is 63.4 Å². The fraction of sp³-hybridized carbons (Fsp3) is 0.404. The van der Waals surface area contributed by atoms with E-state index in [4.69, 9.17) is 19.9 Å². The third-order valence-corrected chi connectivity index (χ3v) is 11.4. The van der Waals surface area contributed by atoms with E-state index in [0.717, 1.165) is 64.3 Å². The zero-order valence-electron chi connectivity index (χ0n) is 37.5. The van der Waals surface area contributed by atoms with E-state index >= 15 is 0 Å². The Hall–Kier alpha value is -6.65. The van der Waals surface area contributed by atoms with Crippen LogP contribution in [-0.4, -0.2) is 113 Å². The number of aryl methyl sites for hydroxylation is 4. The number of alkyl halides is 3. The van der Waals surface area contributed by atoms with Crippen LogP contribution in [0.2, 0.25) is 0 Å². The van der Waals surface area contributed by atoms with Crippen LogP contribution in [0.15, 0.2) is 72.8 Å². The number of anilines is 2. The molecule has 6 heterocycles. The standard InChI is InChI=1S/C24H29FN6O.C23H26F2N6O/c1-16-13-17(2)31(28-16)24-26-22(14-20-5-7-21(8-6-20)18(3)25)15-23(27-24)30-11-9-29(10-12-30)19(4)32;1-15-12-16(2)31(28-15)22-14-21(30-10-8-29(9-11-30)17(3)32)26-20(27-22)13-18-4-6-19(7-5-18)23(24)25/h5-8,13,15,18H,9-12,14H2,1-4H3;4-7,12,14,23H,8-11,13H2,1-3H3. The molecule has 2 aromatic carbocycles. The fourth-order valence-corrected chi connectivity index (χ4v) is 7.90. The lowest BCUT2D eigenvalue weighted by atomic mass is 10.1. The van der Waals surface area contributed by atoms with Crippen LogP contribution in [0, 0.1) is 27.7 Å². The Kier molecular flexibility index (Phi) is 14.0. The summed E-state index contributed by atoms with van der Waals surface area (Å²) in [6.45, 7) is 18.0. The second-order valence-corrected chi connectivity index (χ2v) is 16.4. The van der Waals surface area contributed by atoms with E-state index < -0.39 is 12.6 Å². The molecule has 17 heteroatoms. The SMILES string of the molecule is CC(=O)N1CCN(c2cc(-n3nc(C)cc3C)nc(Cc3ccc(C(F)F)cc3)n2)CC1.CC(=O)N1CCN(c2cc(Cc3ccc(C(C)F)cc3)nc(-n3nc(C)cc3C)n2)CC1. The Morgan fingerprint density at radius 3 is 1.50 bits per heavy atom. The minimum atomic E-state index is -2.49. The molecule has 0 N–H and O–H groups in total. The van der Waals surface area contributed by atoms with E-state index in [2.05, 4.69) is 20.0 Å². The molecule has 2 saturated heterocycles. The summed E-state index contributed by atoms with van der Waals surface area (Å²) < 4.78 is 42.9. The molecular formula is C47H55F3N12O2. The van der Waals surface area contributed by atoms with Gasteiger partial charge in [0.15, 0.2) is 5.82 Å². The second kappa shape index (κ2) is 19.8. The number of hydrogen-bond acceptors (Lipinski definition) is 10. The van der Waals surface area contributed by atoms with Gasteiger partial charge < -0.3 is 19.6 Å². The summed E-state index contributed by atoms with van der Waals surface area (Å²) in [5.74, 6) is 3.55. The van der Waals surface area contributed by atoms with Gasteiger partial charge in [-0.25, -0.2) is 37.5 Å². The van der Waals surface area contributed by atoms with Gasteiger partial charge in [0.25, 0.3) is 12.4 Å². The average molecular weight is 877 g/mol. The van der Waals surface area contributed by atoms with Crippen LogP contribution in [0.3, 0.4) is 0 Å². The van der Waals surface area contributed by atoms with E-state index in [1.54, 1.807) is 35.3 Å². The normalized spacial score (nSPS) is 14.7. The van der Waals surface area contributed by atoms with Gasteiger partial charge >= 0.3 is 0 Å². The molecule has 0 radical (unpaired) electrons. The van der Waals surface area contributed by atoms with Gasteiger partial charge in [0.1, 0.15) is 23.6 Å². The molecule has 2 aliphatic rings. The monoisotopic (exact) mass is 876 g/mol. The molecule has 14 nitrogen and oxygen atoms in total. The minimum Gasteiger partial charge on any atom is -0.353 e. The Labute approximate surface area is 371 Å². The van der Waals surface area contributed by atoms with Crippen molar-refractivity contribution in [2.45, 2.75) is 73.9 Å². The highest BCUT2D eigenvalue weighted by Gasteiger charge is 2.24. The smallest absolute Gasteiger partial charge is 0.263 e. The molecule has 0 bridgehead atoms. The van der Waals surface area contributed by atoms with Gasteiger partial charge in [0.05, 0.1) is 17.1 Å². The van der Waals surface area contributed by atoms with Gasteiger partial charge in [-0.2, -0.15) is 15.2 Å². The number of amides is 2. The van der Waals surface area contributed by atoms with Crippen LogP contribution in [0.1, 0.15) is 89.9 Å². The summed E-state index contributed by atoms with van der Waals surface area (Å²) in [4.78, 5) is 50.5. The second-order valence-electron chi connectivity index (χ2n) is 16.4. The van der Waals surface area contributed by atoms with Gasteiger partial charge in [-0.15, -0.1) is 0 Å². The molecular weight excluding hydrogens is 822 g/mol. The summed E-state index contributed by atoms with van der Waals surface area (Å²) in [5.41, 5.74) is 7.17. The third kappa shape index (κ3) is 11.1. The number of carbonyl (C=O) groups excluding carboxylic acids is 2. The number of hydrogen-bond donors (Lipinski definition) is 0. The number of piperazine rings is 2. The maximum atomic E-state index is 13.5.